The van der Waals surface area contributed by atoms with E-state index in [1.807, 2.05) is 0 Å². The van der Waals surface area contributed by atoms with Crippen LogP contribution in [-0.2, 0) is 17.5 Å². The third kappa shape index (κ3) is 4.51. The highest BCUT2D eigenvalue weighted by molar-refractivity contribution is 7.99. The second kappa shape index (κ2) is 7.01. The SMILES string of the molecule is COCCCSc1ccc(CN)c(C(F)(F)F)c1. The normalized spacial score (nSPS) is 11.8. The zero-order chi connectivity index (χ0) is 13.6. The molecule has 0 aliphatic rings. The molecule has 0 aromatic heterocycles. The van der Waals surface area contributed by atoms with E-state index in [2.05, 4.69) is 0 Å². The summed E-state index contributed by atoms with van der Waals surface area (Å²) >= 11 is 1.39. The van der Waals surface area contributed by atoms with Crippen molar-refractivity contribution in [3.8, 4) is 0 Å². The number of hydrogen-bond acceptors (Lipinski definition) is 3. The van der Waals surface area contributed by atoms with Gasteiger partial charge in [0.2, 0.25) is 0 Å². The Kier molecular flexibility index (Phi) is 5.98. The van der Waals surface area contributed by atoms with Crippen LogP contribution in [0, 0.1) is 0 Å². The summed E-state index contributed by atoms with van der Waals surface area (Å²) in [5.74, 6) is 0.729. The highest BCUT2D eigenvalue weighted by atomic mass is 32.2. The Morgan fingerprint density at radius 2 is 2.06 bits per heavy atom. The van der Waals surface area contributed by atoms with Gasteiger partial charge in [-0.15, -0.1) is 11.8 Å². The van der Waals surface area contributed by atoms with E-state index in [0.717, 1.165) is 12.2 Å². The first-order valence-corrected chi connectivity index (χ1v) is 6.49. The Bertz CT molecular complexity index is 382. The molecule has 0 spiro atoms. The number of nitrogens with two attached hydrogens (primary N) is 1. The summed E-state index contributed by atoms with van der Waals surface area (Å²) in [4.78, 5) is 0.607. The lowest BCUT2D eigenvalue weighted by molar-refractivity contribution is -0.138. The molecular weight excluding hydrogens is 263 g/mol. The summed E-state index contributed by atoms with van der Waals surface area (Å²) in [6, 6.07) is 4.29. The molecule has 0 fully saturated rings. The Morgan fingerprint density at radius 1 is 1.33 bits per heavy atom. The molecular formula is C12H16F3NOS. The molecule has 102 valence electrons. The summed E-state index contributed by atoms with van der Waals surface area (Å²) < 4.78 is 43.2. The molecule has 2 N–H and O–H groups in total. The van der Waals surface area contributed by atoms with Crippen molar-refractivity contribution >= 4 is 11.8 Å². The number of rotatable bonds is 6. The minimum absolute atomic E-state index is 0.108. The average molecular weight is 279 g/mol. The number of hydrogen-bond donors (Lipinski definition) is 1. The van der Waals surface area contributed by atoms with Gasteiger partial charge in [-0.05, 0) is 24.1 Å². The van der Waals surface area contributed by atoms with Crippen LogP contribution in [0.15, 0.2) is 23.1 Å². The highest BCUT2D eigenvalue weighted by Gasteiger charge is 2.33. The molecule has 0 aliphatic carbocycles. The molecule has 0 saturated carbocycles. The van der Waals surface area contributed by atoms with E-state index in [-0.39, 0.29) is 12.1 Å². The monoisotopic (exact) mass is 279 g/mol. The van der Waals surface area contributed by atoms with Crippen molar-refractivity contribution in [3.63, 3.8) is 0 Å². The first-order chi connectivity index (χ1) is 8.49. The zero-order valence-electron chi connectivity index (χ0n) is 10.1. The van der Waals surface area contributed by atoms with Crippen molar-refractivity contribution in [2.45, 2.75) is 24.0 Å². The van der Waals surface area contributed by atoms with Gasteiger partial charge in [0.05, 0.1) is 5.56 Å². The summed E-state index contributed by atoms with van der Waals surface area (Å²) in [6.45, 7) is 0.503. The van der Waals surface area contributed by atoms with Gasteiger partial charge in [-0.3, -0.25) is 0 Å². The first kappa shape index (κ1) is 15.3. The van der Waals surface area contributed by atoms with Crippen LogP contribution in [0.5, 0.6) is 0 Å². The molecule has 2 nitrogen and oxygen atoms in total. The van der Waals surface area contributed by atoms with Crippen molar-refractivity contribution in [2.75, 3.05) is 19.5 Å². The molecule has 0 unspecified atom stereocenters. The molecule has 0 aliphatic heterocycles. The van der Waals surface area contributed by atoms with Crippen LogP contribution < -0.4 is 5.73 Å². The smallest absolute Gasteiger partial charge is 0.385 e. The molecule has 0 heterocycles. The van der Waals surface area contributed by atoms with E-state index in [0.29, 0.717) is 11.5 Å². The summed E-state index contributed by atoms with van der Waals surface area (Å²) in [5, 5.41) is 0. The Balaban J connectivity index is 2.77. The topological polar surface area (TPSA) is 35.2 Å². The lowest BCUT2D eigenvalue weighted by Gasteiger charge is -2.13. The third-order valence-corrected chi connectivity index (χ3v) is 3.45. The maximum absolute atomic E-state index is 12.8. The highest BCUT2D eigenvalue weighted by Crippen LogP contribution is 2.34. The first-order valence-electron chi connectivity index (χ1n) is 5.51. The van der Waals surface area contributed by atoms with E-state index >= 15 is 0 Å². The van der Waals surface area contributed by atoms with Crippen molar-refractivity contribution in [1.29, 1.82) is 0 Å². The van der Waals surface area contributed by atoms with Gasteiger partial charge in [0.25, 0.3) is 0 Å². The lowest BCUT2D eigenvalue weighted by Crippen LogP contribution is -2.12. The molecule has 0 bridgehead atoms. The van der Waals surface area contributed by atoms with Gasteiger partial charge in [-0.1, -0.05) is 6.07 Å². The van der Waals surface area contributed by atoms with Crippen LogP contribution in [0.25, 0.3) is 0 Å². The second-order valence-electron chi connectivity index (χ2n) is 3.72. The number of alkyl halides is 3. The van der Waals surface area contributed by atoms with Gasteiger partial charge in [0.1, 0.15) is 0 Å². The molecule has 6 heteroatoms. The van der Waals surface area contributed by atoms with E-state index < -0.39 is 11.7 Å². The Hall–Kier alpha value is -0.720. The predicted octanol–water partition coefficient (Wildman–Crippen LogP) is 3.29. The minimum Gasteiger partial charge on any atom is -0.385 e. The van der Waals surface area contributed by atoms with Gasteiger partial charge in [-0.25, -0.2) is 0 Å². The number of methoxy groups -OCH3 is 1. The van der Waals surface area contributed by atoms with Crippen LogP contribution in [0.3, 0.4) is 0 Å². The molecule has 0 amide bonds. The predicted molar refractivity (Wildman–Crippen MR) is 66.6 cm³/mol. The van der Waals surface area contributed by atoms with E-state index in [4.69, 9.17) is 10.5 Å². The molecule has 0 atom stereocenters. The van der Waals surface area contributed by atoms with Gasteiger partial charge < -0.3 is 10.5 Å². The van der Waals surface area contributed by atoms with E-state index in [1.165, 1.54) is 23.9 Å². The Morgan fingerprint density at radius 3 is 2.61 bits per heavy atom. The van der Waals surface area contributed by atoms with Crippen molar-refractivity contribution in [2.24, 2.45) is 5.73 Å². The molecule has 0 radical (unpaired) electrons. The number of benzene rings is 1. The number of ether oxygens (including phenoxy) is 1. The maximum atomic E-state index is 12.8. The summed E-state index contributed by atoms with van der Waals surface area (Å²) in [6.07, 6.45) is -3.54. The van der Waals surface area contributed by atoms with Crippen molar-refractivity contribution in [3.05, 3.63) is 29.3 Å². The van der Waals surface area contributed by atoms with Crippen LogP contribution >= 0.6 is 11.8 Å². The fraction of sp³-hybridized carbons (Fsp3) is 0.500. The number of thioether (sulfide) groups is 1. The van der Waals surface area contributed by atoms with Crippen LogP contribution in [0.2, 0.25) is 0 Å². The summed E-state index contributed by atoms with van der Waals surface area (Å²) in [7, 11) is 1.60. The van der Waals surface area contributed by atoms with Gasteiger partial charge >= 0.3 is 6.18 Å². The van der Waals surface area contributed by atoms with Gasteiger partial charge in [0.15, 0.2) is 0 Å². The largest absolute Gasteiger partial charge is 0.416 e. The van der Waals surface area contributed by atoms with Crippen LogP contribution in [0.4, 0.5) is 13.2 Å². The van der Waals surface area contributed by atoms with Crippen LogP contribution in [0.1, 0.15) is 17.5 Å². The molecule has 1 aromatic carbocycles. The average Bonchev–Trinajstić information content (AvgIpc) is 2.33. The quantitative estimate of drug-likeness (QED) is 0.641. The third-order valence-electron chi connectivity index (χ3n) is 2.37. The zero-order valence-corrected chi connectivity index (χ0v) is 10.9. The summed E-state index contributed by atoms with van der Waals surface area (Å²) in [5.41, 5.74) is 4.80. The second-order valence-corrected chi connectivity index (χ2v) is 4.88. The molecule has 0 saturated heterocycles. The minimum atomic E-state index is -4.35. The van der Waals surface area contributed by atoms with Gasteiger partial charge in [0, 0.05) is 30.9 Å². The maximum Gasteiger partial charge on any atom is 0.416 e. The van der Waals surface area contributed by atoms with Crippen molar-refractivity contribution < 1.29 is 17.9 Å². The molecule has 18 heavy (non-hydrogen) atoms. The van der Waals surface area contributed by atoms with Crippen LogP contribution in [-0.4, -0.2) is 19.5 Å². The van der Waals surface area contributed by atoms with E-state index in [1.54, 1.807) is 13.2 Å². The lowest BCUT2D eigenvalue weighted by atomic mass is 10.1. The Labute approximate surface area is 109 Å². The molecule has 1 aromatic rings. The fourth-order valence-electron chi connectivity index (χ4n) is 1.48. The fourth-order valence-corrected chi connectivity index (χ4v) is 2.34. The number of halogens is 3. The van der Waals surface area contributed by atoms with E-state index in [9.17, 15) is 13.2 Å². The van der Waals surface area contributed by atoms with Gasteiger partial charge in [-0.2, -0.15) is 13.2 Å². The standard InChI is InChI=1S/C12H16F3NOS/c1-17-5-2-6-18-10-4-3-9(8-16)11(7-10)12(13,14)15/h3-4,7H,2,5-6,8,16H2,1H3. The van der Waals surface area contributed by atoms with Crippen molar-refractivity contribution in [1.82, 2.24) is 0 Å². The molecule has 1 rings (SSSR count).